The van der Waals surface area contributed by atoms with Crippen molar-refractivity contribution in [2.24, 2.45) is 5.92 Å². The summed E-state index contributed by atoms with van der Waals surface area (Å²) < 4.78 is 0. The molecule has 0 atom stereocenters. The fourth-order valence-electron chi connectivity index (χ4n) is 2.17. The monoisotopic (exact) mass is 303 g/mol. The smallest absolute Gasteiger partial charge is 0.229 e. The summed E-state index contributed by atoms with van der Waals surface area (Å²) in [4.78, 5) is 16.6. The number of hydrogen-bond donors (Lipinski definition) is 2. The first kappa shape index (κ1) is 15.5. The number of nitrogen functional groups attached to an aromatic ring is 1. The number of rotatable bonds is 5. The van der Waals surface area contributed by atoms with Crippen LogP contribution in [0.25, 0.3) is 11.3 Å². The summed E-state index contributed by atoms with van der Waals surface area (Å²) in [7, 11) is 0. The Balaban J connectivity index is 2.19. The highest BCUT2D eigenvalue weighted by atomic mass is 32.1. The predicted octanol–water partition coefficient (Wildman–Crippen LogP) is 4.08. The molecule has 0 fully saturated rings. The van der Waals surface area contributed by atoms with Crippen LogP contribution in [-0.2, 0) is 4.79 Å². The van der Waals surface area contributed by atoms with Crippen LogP contribution in [0.15, 0.2) is 24.3 Å². The number of thiazole rings is 1. The molecule has 0 spiro atoms. The fourth-order valence-corrected chi connectivity index (χ4v) is 2.93. The average Bonchev–Trinajstić information content (AvgIpc) is 2.81. The molecular weight excluding hydrogens is 282 g/mol. The van der Waals surface area contributed by atoms with E-state index in [1.807, 2.05) is 45.0 Å². The number of aromatic nitrogens is 1. The minimum Gasteiger partial charge on any atom is -0.389 e. The summed E-state index contributed by atoms with van der Waals surface area (Å²) in [6.07, 6.45) is 1.65. The van der Waals surface area contributed by atoms with Crippen molar-refractivity contribution in [3.63, 3.8) is 0 Å². The molecule has 2 rings (SSSR count). The van der Waals surface area contributed by atoms with Crippen LogP contribution >= 0.6 is 11.3 Å². The van der Waals surface area contributed by atoms with Gasteiger partial charge in [-0.05, 0) is 19.8 Å². The Bertz CT molecular complexity index is 615. The van der Waals surface area contributed by atoms with Gasteiger partial charge in [-0.1, -0.05) is 55.0 Å². The summed E-state index contributed by atoms with van der Waals surface area (Å²) in [5.74, 6) is 0.0437. The lowest BCUT2D eigenvalue weighted by atomic mass is 10.0. The Kier molecular flexibility index (Phi) is 4.96. The number of hydrogen-bond acceptors (Lipinski definition) is 4. The van der Waals surface area contributed by atoms with Gasteiger partial charge < -0.3 is 11.1 Å². The summed E-state index contributed by atoms with van der Waals surface area (Å²) in [5.41, 5.74) is 8.93. The second-order valence-electron chi connectivity index (χ2n) is 5.10. The molecular formula is C16H21N3OS. The van der Waals surface area contributed by atoms with Gasteiger partial charge in [-0.2, -0.15) is 0 Å². The van der Waals surface area contributed by atoms with Gasteiger partial charge in [-0.25, -0.2) is 4.98 Å². The number of nitrogens with zero attached hydrogens (tertiary/aromatic N) is 1. The van der Waals surface area contributed by atoms with E-state index >= 15 is 0 Å². The molecule has 2 aromatic rings. The highest BCUT2D eigenvalue weighted by Crippen LogP contribution is 2.33. The molecule has 0 unspecified atom stereocenters. The summed E-state index contributed by atoms with van der Waals surface area (Å²) in [5, 5.41) is 4.07. The van der Waals surface area contributed by atoms with Gasteiger partial charge in [0.05, 0.1) is 0 Å². The number of benzene rings is 1. The number of carbonyl (C=O) groups is 1. The molecule has 0 aliphatic carbocycles. The zero-order chi connectivity index (χ0) is 15.4. The first-order valence-electron chi connectivity index (χ1n) is 7.19. The number of nitrogens with one attached hydrogen (secondary N) is 1. The lowest BCUT2D eigenvalue weighted by Gasteiger charge is -2.10. The van der Waals surface area contributed by atoms with Crippen LogP contribution in [0.3, 0.4) is 0 Å². The van der Waals surface area contributed by atoms with Gasteiger partial charge in [0.25, 0.3) is 0 Å². The quantitative estimate of drug-likeness (QED) is 0.874. The maximum Gasteiger partial charge on any atom is 0.229 e. The molecule has 1 heterocycles. The van der Waals surface area contributed by atoms with E-state index in [9.17, 15) is 4.79 Å². The second kappa shape index (κ2) is 6.72. The van der Waals surface area contributed by atoms with Crippen molar-refractivity contribution in [3.8, 4) is 11.3 Å². The molecule has 0 saturated carbocycles. The molecule has 21 heavy (non-hydrogen) atoms. The fraction of sp³-hybridized carbons (Fsp3) is 0.375. The van der Waals surface area contributed by atoms with Gasteiger partial charge in [-0.3, -0.25) is 4.79 Å². The molecule has 1 aromatic carbocycles. The van der Waals surface area contributed by atoms with Crippen LogP contribution in [0.2, 0.25) is 0 Å². The van der Waals surface area contributed by atoms with E-state index in [0.717, 1.165) is 24.1 Å². The van der Waals surface area contributed by atoms with E-state index < -0.39 is 0 Å². The zero-order valence-electron chi connectivity index (χ0n) is 12.6. The van der Waals surface area contributed by atoms with Gasteiger partial charge in [0.1, 0.15) is 10.7 Å². The molecule has 3 N–H and O–H groups in total. The van der Waals surface area contributed by atoms with Gasteiger partial charge in [0.15, 0.2) is 5.13 Å². The van der Waals surface area contributed by atoms with E-state index in [2.05, 4.69) is 10.3 Å². The van der Waals surface area contributed by atoms with Crippen LogP contribution in [0.5, 0.6) is 0 Å². The molecule has 5 heteroatoms. The Labute approximate surface area is 129 Å². The van der Waals surface area contributed by atoms with Crippen molar-refractivity contribution < 1.29 is 4.79 Å². The number of amides is 1. The van der Waals surface area contributed by atoms with Crippen molar-refractivity contribution in [2.75, 3.05) is 11.1 Å². The van der Waals surface area contributed by atoms with E-state index in [1.165, 1.54) is 16.9 Å². The van der Waals surface area contributed by atoms with E-state index in [0.29, 0.717) is 10.1 Å². The molecule has 112 valence electrons. The maximum atomic E-state index is 12.1. The van der Waals surface area contributed by atoms with E-state index in [-0.39, 0.29) is 11.8 Å². The molecule has 0 aliphatic rings. The molecule has 1 aromatic heterocycles. The molecule has 0 aliphatic heterocycles. The third-order valence-electron chi connectivity index (χ3n) is 3.56. The molecule has 4 nitrogen and oxygen atoms in total. The minimum absolute atomic E-state index is 0.0178. The minimum atomic E-state index is 0.0178. The number of aryl methyl sites for hydroxylation is 1. The van der Waals surface area contributed by atoms with Crippen molar-refractivity contribution in [1.29, 1.82) is 0 Å². The summed E-state index contributed by atoms with van der Waals surface area (Å²) >= 11 is 1.31. The predicted molar refractivity (Wildman–Crippen MR) is 89.4 cm³/mol. The molecule has 0 bridgehead atoms. The number of anilines is 2. The Morgan fingerprint density at radius 1 is 1.29 bits per heavy atom. The Hall–Kier alpha value is -1.88. The third kappa shape index (κ3) is 3.61. The van der Waals surface area contributed by atoms with E-state index in [4.69, 9.17) is 5.73 Å². The highest BCUT2D eigenvalue weighted by Gasteiger charge is 2.17. The lowest BCUT2D eigenvalue weighted by molar-refractivity contribution is -0.120. The Morgan fingerprint density at radius 3 is 2.48 bits per heavy atom. The second-order valence-corrected chi connectivity index (χ2v) is 6.13. The van der Waals surface area contributed by atoms with Crippen LogP contribution in [0, 0.1) is 12.8 Å². The van der Waals surface area contributed by atoms with Crippen molar-refractivity contribution in [3.05, 3.63) is 29.8 Å². The molecule has 0 saturated heterocycles. The van der Waals surface area contributed by atoms with Crippen molar-refractivity contribution in [1.82, 2.24) is 4.98 Å². The van der Waals surface area contributed by atoms with Gasteiger partial charge >= 0.3 is 0 Å². The largest absolute Gasteiger partial charge is 0.389 e. The highest BCUT2D eigenvalue weighted by molar-refractivity contribution is 7.20. The van der Waals surface area contributed by atoms with E-state index in [1.54, 1.807) is 0 Å². The third-order valence-corrected chi connectivity index (χ3v) is 4.36. The van der Waals surface area contributed by atoms with Crippen LogP contribution in [0.1, 0.15) is 32.3 Å². The summed E-state index contributed by atoms with van der Waals surface area (Å²) in [6, 6.07) is 8.04. The first-order chi connectivity index (χ1) is 10.0. The molecule has 0 radical (unpaired) electrons. The number of nitrogens with two attached hydrogens (primary N) is 1. The summed E-state index contributed by atoms with van der Waals surface area (Å²) in [6.45, 7) is 6.07. The lowest BCUT2D eigenvalue weighted by Crippen LogP contribution is -2.21. The van der Waals surface area contributed by atoms with Crippen molar-refractivity contribution in [2.45, 2.75) is 33.6 Å². The first-order valence-corrected chi connectivity index (χ1v) is 8.01. The molecule has 1 amide bonds. The van der Waals surface area contributed by atoms with Crippen LogP contribution in [0.4, 0.5) is 10.1 Å². The average molecular weight is 303 g/mol. The topological polar surface area (TPSA) is 68.0 Å². The van der Waals surface area contributed by atoms with Gasteiger partial charge in [0, 0.05) is 11.5 Å². The van der Waals surface area contributed by atoms with Crippen molar-refractivity contribution >= 4 is 27.4 Å². The maximum absolute atomic E-state index is 12.1. The zero-order valence-corrected chi connectivity index (χ0v) is 13.5. The Morgan fingerprint density at radius 2 is 1.90 bits per heavy atom. The normalized spacial score (nSPS) is 10.9. The standard InChI is InChI=1S/C16H21N3OS/c1-4-11(5-2)15(20)19-16-18-13(14(17)21-16)12-8-6-10(3)7-9-12/h6-9,11H,4-5,17H2,1-3H3,(H,18,19,20). The van der Waals surface area contributed by atoms with Crippen LogP contribution < -0.4 is 11.1 Å². The van der Waals surface area contributed by atoms with Crippen LogP contribution in [-0.4, -0.2) is 10.9 Å². The van der Waals surface area contributed by atoms with Gasteiger partial charge in [0.2, 0.25) is 5.91 Å². The SMILES string of the molecule is CCC(CC)C(=O)Nc1nc(-c2ccc(C)cc2)c(N)s1. The van der Waals surface area contributed by atoms with Gasteiger partial charge in [-0.15, -0.1) is 0 Å². The number of carbonyl (C=O) groups excluding carboxylic acids is 1.